The van der Waals surface area contributed by atoms with Gasteiger partial charge in [0, 0.05) is 19.2 Å². The fourth-order valence-electron chi connectivity index (χ4n) is 1.94. The minimum absolute atomic E-state index is 0.175. The fraction of sp³-hybridized carbons (Fsp3) is 0.353. The summed E-state index contributed by atoms with van der Waals surface area (Å²) < 4.78 is 0. The molecule has 0 fully saturated rings. The number of carbonyl (C=O) groups is 1. The van der Waals surface area contributed by atoms with Gasteiger partial charge in [-0.05, 0) is 17.9 Å². The summed E-state index contributed by atoms with van der Waals surface area (Å²) in [5.41, 5.74) is 1.58. The number of benzene rings is 1. The largest absolute Gasteiger partial charge is 0.370 e. The Balaban J connectivity index is 1.85. The molecule has 0 saturated carbocycles. The highest BCUT2D eigenvalue weighted by Crippen LogP contribution is 2.05. The summed E-state index contributed by atoms with van der Waals surface area (Å²) in [5, 5.41) is 6.07. The zero-order chi connectivity index (χ0) is 15.8. The molecule has 1 heterocycles. The first kappa shape index (κ1) is 15.9. The molecule has 2 rings (SSSR count). The van der Waals surface area contributed by atoms with Gasteiger partial charge in [-0.1, -0.05) is 44.2 Å². The molecule has 0 bridgehead atoms. The summed E-state index contributed by atoms with van der Waals surface area (Å²) in [6, 6.07) is 11.7. The van der Waals surface area contributed by atoms with Crippen LogP contribution in [0.2, 0.25) is 0 Å². The molecule has 0 aliphatic heterocycles. The molecular formula is C17H22N4O. The van der Waals surface area contributed by atoms with E-state index in [-0.39, 0.29) is 5.91 Å². The SMILES string of the molecule is CC(C)CNc1cc(C(=O)NCCc2ccccc2)ncn1. The van der Waals surface area contributed by atoms with Crippen molar-refractivity contribution < 1.29 is 4.79 Å². The van der Waals surface area contributed by atoms with Crippen LogP contribution in [0.25, 0.3) is 0 Å². The van der Waals surface area contributed by atoms with Gasteiger partial charge in [-0.2, -0.15) is 0 Å². The molecule has 0 spiro atoms. The van der Waals surface area contributed by atoms with Gasteiger partial charge in [0.15, 0.2) is 0 Å². The van der Waals surface area contributed by atoms with E-state index in [4.69, 9.17) is 0 Å². The highest BCUT2D eigenvalue weighted by atomic mass is 16.1. The quantitative estimate of drug-likeness (QED) is 0.824. The van der Waals surface area contributed by atoms with Crippen molar-refractivity contribution in [1.82, 2.24) is 15.3 Å². The molecule has 0 aliphatic carbocycles. The standard InChI is InChI=1S/C17H22N4O/c1-13(2)11-19-16-10-15(20-12-21-16)17(22)18-9-8-14-6-4-3-5-7-14/h3-7,10,12-13H,8-9,11H2,1-2H3,(H,18,22)(H,19,20,21). The molecule has 1 aromatic heterocycles. The first-order valence-corrected chi connectivity index (χ1v) is 7.53. The second kappa shape index (κ2) is 8.12. The van der Waals surface area contributed by atoms with Crippen molar-refractivity contribution in [2.45, 2.75) is 20.3 Å². The zero-order valence-corrected chi connectivity index (χ0v) is 13.0. The lowest BCUT2D eigenvalue weighted by Crippen LogP contribution is -2.26. The number of nitrogens with one attached hydrogen (secondary N) is 2. The summed E-state index contributed by atoms with van der Waals surface area (Å²) in [4.78, 5) is 20.2. The molecule has 2 N–H and O–H groups in total. The average Bonchev–Trinajstić information content (AvgIpc) is 2.54. The second-order valence-electron chi connectivity index (χ2n) is 5.55. The molecule has 2 aromatic rings. The predicted octanol–water partition coefficient (Wildman–Crippen LogP) is 2.52. The Hall–Kier alpha value is -2.43. The van der Waals surface area contributed by atoms with Crippen LogP contribution in [-0.4, -0.2) is 29.0 Å². The first-order valence-electron chi connectivity index (χ1n) is 7.53. The van der Waals surface area contributed by atoms with Crippen molar-refractivity contribution in [2.75, 3.05) is 18.4 Å². The molecule has 0 saturated heterocycles. The molecule has 116 valence electrons. The van der Waals surface area contributed by atoms with Crippen molar-refractivity contribution in [3.63, 3.8) is 0 Å². The number of rotatable bonds is 7. The van der Waals surface area contributed by atoms with E-state index in [0.717, 1.165) is 13.0 Å². The Morgan fingerprint density at radius 2 is 1.95 bits per heavy atom. The third-order valence-electron chi connectivity index (χ3n) is 3.13. The van der Waals surface area contributed by atoms with E-state index in [1.54, 1.807) is 6.07 Å². The molecule has 0 atom stereocenters. The maximum Gasteiger partial charge on any atom is 0.270 e. The number of hydrogen-bond acceptors (Lipinski definition) is 4. The molecule has 1 aromatic carbocycles. The van der Waals surface area contributed by atoms with Gasteiger partial charge in [0.25, 0.3) is 5.91 Å². The molecule has 22 heavy (non-hydrogen) atoms. The molecule has 1 amide bonds. The van der Waals surface area contributed by atoms with Crippen LogP contribution in [0.5, 0.6) is 0 Å². The van der Waals surface area contributed by atoms with Crippen LogP contribution in [0.4, 0.5) is 5.82 Å². The van der Waals surface area contributed by atoms with Crippen LogP contribution in [0.1, 0.15) is 29.9 Å². The van der Waals surface area contributed by atoms with Crippen molar-refractivity contribution in [2.24, 2.45) is 5.92 Å². The van der Waals surface area contributed by atoms with Gasteiger partial charge in [-0.25, -0.2) is 9.97 Å². The lowest BCUT2D eigenvalue weighted by molar-refractivity contribution is 0.0949. The van der Waals surface area contributed by atoms with Gasteiger partial charge >= 0.3 is 0 Å². The molecule has 5 heteroatoms. The molecule has 0 aliphatic rings. The van der Waals surface area contributed by atoms with Gasteiger partial charge < -0.3 is 10.6 Å². The summed E-state index contributed by atoms with van der Waals surface area (Å²) in [6.45, 7) is 5.63. The number of anilines is 1. The molecule has 0 unspecified atom stereocenters. The van der Waals surface area contributed by atoms with Crippen LogP contribution in [0.15, 0.2) is 42.7 Å². The van der Waals surface area contributed by atoms with Crippen LogP contribution in [0, 0.1) is 5.92 Å². The Morgan fingerprint density at radius 1 is 1.18 bits per heavy atom. The first-order chi connectivity index (χ1) is 10.6. The van der Waals surface area contributed by atoms with E-state index in [0.29, 0.717) is 24.0 Å². The third-order valence-corrected chi connectivity index (χ3v) is 3.13. The minimum atomic E-state index is -0.175. The summed E-state index contributed by atoms with van der Waals surface area (Å²) in [5.74, 6) is 1.01. The van der Waals surface area contributed by atoms with Crippen LogP contribution < -0.4 is 10.6 Å². The highest BCUT2D eigenvalue weighted by molar-refractivity contribution is 5.92. The molecule has 5 nitrogen and oxygen atoms in total. The Bertz CT molecular complexity index is 599. The number of hydrogen-bond donors (Lipinski definition) is 2. The number of aromatic nitrogens is 2. The summed E-state index contributed by atoms with van der Waals surface area (Å²) in [6.07, 6.45) is 2.21. The van der Waals surface area contributed by atoms with Crippen molar-refractivity contribution in [3.8, 4) is 0 Å². The monoisotopic (exact) mass is 298 g/mol. The number of carbonyl (C=O) groups excluding carboxylic acids is 1. The lowest BCUT2D eigenvalue weighted by Gasteiger charge is -2.09. The minimum Gasteiger partial charge on any atom is -0.370 e. The van der Waals surface area contributed by atoms with E-state index in [1.807, 2.05) is 30.3 Å². The number of amides is 1. The van der Waals surface area contributed by atoms with Crippen molar-refractivity contribution in [3.05, 3.63) is 54.0 Å². The average molecular weight is 298 g/mol. The van der Waals surface area contributed by atoms with Gasteiger partial charge in [-0.3, -0.25) is 4.79 Å². The maximum absolute atomic E-state index is 12.1. The summed E-state index contributed by atoms with van der Waals surface area (Å²) in [7, 11) is 0. The number of nitrogens with zero attached hydrogens (tertiary/aromatic N) is 2. The molecule has 0 radical (unpaired) electrons. The Morgan fingerprint density at radius 3 is 2.68 bits per heavy atom. The maximum atomic E-state index is 12.1. The lowest BCUT2D eigenvalue weighted by atomic mass is 10.1. The predicted molar refractivity (Wildman–Crippen MR) is 87.8 cm³/mol. The van der Waals surface area contributed by atoms with Gasteiger partial charge in [0.1, 0.15) is 17.8 Å². The second-order valence-corrected chi connectivity index (χ2v) is 5.55. The van der Waals surface area contributed by atoms with Crippen molar-refractivity contribution in [1.29, 1.82) is 0 Å². The van der Waals surface area contributed by atoms with E-state index >= 15 is 0 Å². The normalized spacial score (nSPS) is 10.5. The highest BCUT2D eigenvalue weighted by Gasteiger charge is 2.08. The third kappa shape index (κ3) is 5.16. The summed E-state index contributed by atoms with van der Waals surface area (Å²) >= 11 is 0. The van der Waals surface area contributed by atoms with E-state index < -0.39 is 0 Å². The van der Waals surface area contributed by atoms with Crippen LogP contribution in [0.3, 0.4) is 0 Å². The van der Waals surface area contributed by atoms with E-state index in [1.165, 1.54) is 11.9 Å². The van der Waals surface area contributed by atoms with Crippen LogP contribution >= 0.6 is 0 Å². The fourth-order valence-corrected chi connectivity index (χ4v) is 1.94. The Kier molecular flexibility index (Phi) is 5.89. The molecular weight excluding hydrogens is 276 g/mol. The van der Waals surface area contributed by atoms with E-state index in [9.17, 15) is 4.79 Å². The Labute approximate surface area is 131 Å². The smallest absolute Gasteiger partial charge is 0.270 e. The topological polar surface area (TPSA) is 66.9 Å². The van der Waals surface area contributed by atoms with Gasteiger partial charge in [0.05, 0.1) is 0 Å². The van der Waals surface area contributed by atoms with E-state index in [2.05, 4.69) is 34.4 Å². The van der Waals surface area contributed by atoms with Gasteiger partial charge in [0.2, 0.25) is 0 Å². The zero-order valence-electron chi connectivity index (χ0n) is 13.0. The van der Waals surface area contributed by atoms with Gasteiger partial charge in [-0.15, -0.1) is 0 Å². The van der Waals surface area contributed by atoms with Crippen molar-refractivity contribution >= 4 is 11.7 Å². The van der Waals surface area contributed by atoms with Crippen LogP contribution in [-0.2, 0) is 6.42 Å².